The summed E-state index contributed by atoms with van der Waals surface area (Å²) in [5.41, 5.74) is 8.82. The first kappa shape index (κ1) is 11.7. The molecule has 0 saturated heterocycles. The van der Waals surface area contributed by atoms with Crippen molar-refractivity contribution in [2.24, 2.45) is 0 Å². The second-order valence-electron chi connectivity index (χ2n) is 4.69. The van der Waals surface area contributed by atoms with E-state index in [1.165, 1.54) is 0 Å². The van der Waals surface area contributed by atoms with Crippen LogP contribution in [0, 0.1) is 0 Å². The van der Waals surface area contributed by atoms with Crippen LogP contribution in [0.5, 0.6) is 0 Å². The SMILES string of the molecule is Nc1cccc(-c2nc(-c3coc4ccccc34)no2)c1. The molecule has 0 amide bonds. The van der Waals surface area contributed by atoms with Gasteiger partial charge in [0.2, 0.25) is 5.82 Å². The third kappa shape index (κ3) is 1.95. The molecule has 2 N–H and O–H groups in total. The Morgan fingerprint density at radius 2 is 1.90 bits per heavy atom. The second-order valence-corrected chi connectivity index (χ2v) is 4.69. The fourth-order valence-electron chi connectivity index (χ4n) is 2.27. The Balaban J connectivity index is 1.81. The number of nitrogens with two attached hydrogens (primary N) is 1. The molecular weight excluding hydrogens is 266 g/mol. The maximum absolute atomic E-state index is 5.77. The lowest BCUT2D eigenvalue weighted by Gasteiger charge is -1.95. The summed E-state index contributed by atoms with van der Waals surface area (Å²) in [6, 6.07) is 15.1. The number of nitrogen functional groups attached to an aromatic ring is 1. The molecule has 2 aromatic carbocycles. The standard InChI is InChI=1S/C16H11N3O2/c17-11-5-3-4-10(8-11)16-18-15(19-21-16)13-9-20-14-7-2-1-6-12(13)14/h1-9H,17H2. The van der Waals surface area contributed by atoms with Crippen molar-refractivity contribution in [1.82, 2.24) is 10.1 Å². The first-order chi connectivity index (χ1) is 10.3. The van der Waals surface area contributed by atoms with Crippen LogP contribution in [0.3, 0.4) is 0 Å². The Kier molecular flexibility index (Phi) is 2.50. The smallest absolute Gasteiger partial charge is 0.258 e. The number of nitrogens with zero attached hydrogens (tertiary/aromatic N) is 2. The summed E-state index contributed by atoms with van der Waals surface area (Å²) in [6.07, 6.45) is 1.64. The van der Waals surface area contributed by atoms with Gasteiger partial charge in [0.05, 0.1) is 5.56 Å². The molecule has 102 valence electrons. The molecule has 5 nitrogen and oxygen atoms in total. The number of anilines is 1. The molecule has 4 aromatic rings. The summed E-state index contributed by atoms with van der Waals surface area (Å²) in [5, 5.41) is 4.98. The summed E-state index contributed by atoms with van der Waals surface area (Å²) in [5.74, 6) is 0.931. The fourth-order valence-corrected chi connectivity index (χ4v) is 2.27. The number of aromatic nitrogens is 2. The first-order valence-corrected chi connectivity index (χ1v) is 6.47. The van der Waals surface area contributed by atoms with E-state index in [1.54, 1.807) is 12.3 Å². The van der Waals surface area contributed by atoms with E-state index in [9.17, 15) is 0 Å². The number of para-hydroxylation sites is 1. The van der Waals surface area contributed by atoms with Gasteiger partial charge in [0, 0.05) is 16.6 Å². The van der Waals surface area contributed by atoms with E-state index in [0.29, 0.717) is 17.4 Å². The molecule has 0 radical (unpaired) electrons. The van der Waals surface area contributed by atoms with Gasteiger partial charge in [-0.2, -0.15) is 4.98 Å². The molecule has 2 heterocycles. The lowest BCUT2D eigenvalue weighted by molar-refractivity contribution is 0.432. The monoisotopic (exact) mass is 277 g/mol. The van der Waals surface area contributed by atoms with Gasteiger partial charge in [-0.25, -0.2) is 0 Å². The lowest BCUT2D eigenvalue weighted by Crippen LogP contribution is -1.85. The number of hydrogen-bond acceptors (Lipinski definition) is 5. The highest BCUT2D eigenvalue weighted by Gasteiger charge is 2.15. The van der Waals surface area contributed by atoms with Crippen LogP contribution >= 0.6 is 0 Å². The zero-order valence-corrected chi connectivity index (χ0v) is 11.0. The Bertz CT molecular complexity index is 924. The molecule has 21 heavy (non-hydrogen) atoms. The molecule has 0 unspecified atom stereocenters. The molecule has 0 bridgehead atoms. The molecule has 5 heteroatoms. The van der Waals surface area contributed by atoms with Gasteiger partial charge in [0.25, 0.3) is 5.89 Å². The first-order valence-electron chi connectivity index (χ1n) is 6.47. The number of fused-ring (bicyclic) bond motifs is 1. The molecule has 0 aliphatic heterocycles. The van der Waals surface area contributed by atoms with Gasteiger partial charge in [0.1, 0.15) is 11.8 Å². The molecule has 0 atom stereocenters. The number of benzene rings is 2. The Hall–Kier alpha value is -3.08. The summed E-state index contributed by atoms with van der Waals surface area (Å²) >= 11 is 0. The van der Waals surface area contributed by atoms with Crippen molar-refractivity contribution < 1.29 is 8.94 Å². The maximum atomic E-state index is 5.77. The van der Waals surface area contributed by atoms with Gasteiger partial charge in [-0.1, -0.05) is 29.4 Å². The molecule has 0 aliphatic rings. The maximum Gasteiger partial charge on any atom is 0.258 e. The number of hydrogen-bond donors (Lipinski definition) is 1. The predicted molar refractivity (Wildman–Crippen MR) is 79.4 cm³/mol. The van der Waals surface area contributed by atoms with Crippen LogP contribution in [-0.2, 0) is 0 Å². The average Bonchev–Trinajstić information content (AvgIpc) is 3.14. The van der Waals surface area contributed by atoms with Crippen molar-refractivity contribution >= 4 is 16.7 Å². The van der Waals surface area contributed by atoms with Gasteiger partial charge < -0.3 is 14.7 Å². The Morgan fingerprint density at radius 1 is 1.00 bits per heavy atom. The molecule has 0 fully saturated rings. The normalized spacial score (nSPS) is 11.0. The van der Waals surface area contributed by atoms with Gasteiger partial charge >= 0.3 is 0 Å². The van der Waals surface area contributed by atoms with Gasteiger partial charge in [0.15, 0.2) is 0 Å². The Labute approximate surface area is 120 Å². The van der Waals surface area contributed by atoms with E-state index >= 15 is 0 Å². The Morgan fingerprint density at radius 3 is 2.81 bits per heavy atom. The molecular formula is C16H11N3O2. The van der Waals surface area contributed by atoms with Gasteiger partial charge in [-0.15, -0.1) is 0 Å². The van der Waals surface area contributed by atoms with Crippen LogP contribution in [0.4, 0.5) is 5.69 Å². The van der Waals surface area contributed by atoms with Crippen molar-refractivity contribution in [2.45, 2.75) is 0 Å². The number of furan rings is 1. The van der Waals surface area contributed by atoms with Crippen molar-refractivity contribution in [3.63, 3.8) is 0 Å². The van der Waals surface area contributed by atoms with E-state index < -0.39 is 0 Å². The minimum atomic E-state index is 0.433. The summed E-state index contributed by atoms with van der Waals surface area (Å²) in [7, 11) is 0. The highest BCUT2D eigenvalue weighted by Crippen LogP contribution is 2.30. The quantitative estimate of drug-likeness (QED) is 0.565. The van der Waals surface area contributed by atoms with E-state index in [0.717, 1.165) is 22.1 Å². The number of rotatable bonds is 2. The van der Waals surface area contributed by atoms with Crippen LogP contribution in [0.2, 0.25) is 0 Å². The molecule has 0 aliphatic carbocycles. The third-order valence-corrected chi connectivity index (χ3v) is 3.28. The van der Waals surface area contributed by atoms with Crippen molar-refractivity contribution in [2.75, 3.05) is 5.73 Å². The lowest BCUT2D eigenvalue weighted by atomic mass is 10.1. The second kappa shape index (κ2) is 4.49. The molecule has 0 saturated carbocycles. The van der Waals surface area contributed by atoms with E-state index in [2.05, 4.69) is 10.1 Å². The van der Waals surface area contributed by atoms with Crippen LogP contribution in [0.25, 0.3) is 33.8 Å². The third-order valence-electron chi connectivity index (χ3n) is 3.28. The highest BCUT2D eigenvalue weighted by atomic mass is 16.5. The van der Waals surface area contributed by atoms with Crippen molar-refractivity contribution in [1.29, 1.82) is 0 Å². The van der Waals surface area contributed by atoms with Crippen molar-refractivity contribution in [3.05, 3.63) is 54.8 Å². The minimum absolute atomic E-state index is 0.433. The summed E-state index contributed by atoms with van der Waals surface area (Å²) < 4.78 is 10.8. The van der Waals surface area contributed by atoms with E-state index in [4.69, 9.17) is 14.7 Å². The van der Waals surface area contributed by atoms with Crippen molar-refractivity contribution in [3.8, 4) is 22.8 Å². The largest absolute Gasteiger partial charge is 0.464 e. The van der Waals surface area contributed by atoms with E-state index in [1.807, 2.05) is 42.5 Å². The fraction of sp³-hybridized carbons (Fsp3) is 0. The summed E-state index contributed by atoms with van der Waals surface area (Å²) in [6.45, 7) is 0. The highest BCUT2D eigenvalue weighted by molar-refractivity contribution is 5.92. The molecule has 2 aromatic heterocycles. The van der Waals surface area contributed by atoms with Crippen LogP contribution in [0.1, 0.15) is 0 Å². The van der Waals surface area contributed by atoms with Crippen LogP contribution in [0.15, 0.2) is 63.7 Å². The molecule has 4 rings (SSSR count). The topological polar surface area (TPSA) is 78.1 Å². The minimum Gasteiger partial charge on any atom is -0.464 e. The molecule has 0 spiro atoms. The van der Waals surface area contributed by atoms with Crippen LogP contribution < -0.4 is 5.73 Å². The average molecular weight is 277 g/mol. The zero-order valence-electron chi connectivity index (χ0n) is 11.0. The summed E-state index contributed by atoms with van der Waals surface area (Å²) in [4.78, 5) is 4.42. The van der Waals surface area contributed by atoms with Crippen LogP contribution in [-0.4, -0.2) is 10.1 Å². The van der Waals surface area contributed by atoms with Gasteiger partial charge in [-0.3, -0.25) is 0 Å². The van der Waals surface area contributed by atoms with Gasteiger partial charge in [-0.05, 0) is 24.3 Å². The van der Waals surface area contributed by atoms with E-state index in [-0.39, 0.29) is 0 Å². The zero-order chi connectivity index (χ0) is 14.2. The predicted octanol–water partition coefficient (Wildman–Crippen LogP) is 3.73.